The first-order chi connectivity index (χ1) is 29.3. The van der Waals surface area contributed by atoms with E-state index in [9.17, 15) is 24.0 Å². The van der Waals surface area contributed by atoms with Crippen molar-refractivity contribution in [1.82, 2.24) is 20.9 Å². The van der Waals surface area contributed by atoms with Crippen LogP contribution in [0.4, 0.5) is 0 Å². The molecule has 1 aliphatic carbocycles. The summed E-state index contributed by atoms with van der Waals surface area (Å²) in [6.07, 6.45) is 5.66. The van der Waals surface area contributed by atoms with Crippen LogP contribution in [0.2, 0.25) is 5.04 Å². The lowest BCUT2D eigenvalue weighted by Crippen LogP contribution is -2.68. The van der Waals surface area contributed by atoms with Crippen molar-refractivity contribution in [3.05, 3.63) is 144 Å². The number of nitrogens with one attached hydrogen (secondary N) is 3. The fourth-order valence-electron chi connectivity index (χ4n) is 9.42. The Morgan fingerprint density at radius 1 is 0.803 bits per heavy atom. The monoisotopic (exact) mass is 838 g/mol. The number of fused-ring (bicyclic) bond motifs is 2. The standard InChI is InChI=1S/C50H58N4O6Si/c1-35(60-61(49(2,3)4,39-24-11-6-12-25-39)40-26-13-7-14-27-40)44(55)30-16-8-15-28-41-45(56)53-50(33-37-22-17-18-23-38(37)34-50)48(59)52-42(32-36-20-9-5-10-21-36)47(58)54-31-19-29-43(54)46(57)51-41/h5-7,9-14,16-18,20-27,30,35,41-43H,8,15,19,28-29,31-34H2,1-4H3,(H,51,57)(H,52,59)(H,53,56)/b30-16+/t35-,41-,42-,43+/m0/s1. The first kappa shape index (κ1) is 43.4. The smallest absolute Gasteiger partial charge is 0.262 e. The van der Waals surface area contributed by atoms with Crippen LogP contribution in [0.3, 0.4) is 0 Å². The van der Waals surface area contributed by atoms with E-state index < -0.39 is 49.9 Å². The zero-order valence-corrected chi connectivity index (χ0v) is 36.7. The molecular formula is C50H58N4O6Si. The van der Waals surface area contributed by atoms with Crippen LogP contribution in [0.1, 0.15) is 76.5 Å². The van der Waals surface area contributed by atoms with E-state index in [1.807, 2.05) is 97.9 Å². The topological polar surface area (TPSA) is 134 Å². The predicted molar refractivity (Wildman–Crippen MR) is 240 cm³/mol. The molecule has 318 valence electrons. The summed E-state index contributed by atoms with van der Waals surface area (Å²) in [5.41, 5.74) is 1.40. The molecule has 3 N–H and O–H groups in total. The van der Waals surface area contributed by atoms with Gasteiger partial charge in [-0.3, -0.25) is 24.0 Å². The number of carbonyl (C=O) groups excluding carboxylic acids is 5. The van der Waals surface area contributed by atoms with Gasteiger partial charge in [0.1, 0.15) is 29.8 Å². The van der Waals surface area contributed by atoms with Crippen LogP contribution in [-0.4, -0.2) is 78.9 Å². The van der Waals surface area contributed by atoms with Gasteiger partial charge >= 0.3 is 0 Å². The van der Waals surface area contributed by atoms with Gasteiger partial charge in [-0.1, -0.05) is 142 Å². The Bertz CT molecular complexity index is 2180. The number of ketones is 1. The first-order valence-electron chi connectivity index (χ1n) is 21.7. The van der Waals surface area contributed by atoms with Gasteiger partial charge in [-0.25, -0.2) is 0 Å². The number of benzene rings is 4. The minimum absolute atomic E-state index is 0.157. The number of carbonyl (C=O) groups is 5. The minimum Gasteiger partial charge on any atom is -0.397 e. The number of rotatable bonds is 12. The second-order valence-electron chi connectivity index (χ2n) is 17.8. The maximum atomic E-state index is 14.6. The van der Waals surface area contributed by atoms with E-state index >= 15 is 0 Å². The van der Waals surface area contributed by atoms with Crippen LogP contribution < -0.4 is 26.3 Å². The molecule has 0 radical (unpaired) electrons. The lowest BCUT2D eigenvalue weighted by molar-refractivity contribution is -0.144. The average molecular weight is 839 g/mol. The van der Waals surface area contributed by atoms with Gasteiger partial charge in [0.05, 0.1) is 0 Å². The van der Waals surface area contributed by atoms with E-state index in [0.717, 1.165) is 27.1 Å². The fraction of sp³-hybridized carbons (Fsp3) is 0.380. The van der Waals surface area contributed by atoms with E-state index in [-0.39, 0.29) is 48.3 Å². The molecule has 4 aromatic carbocycles. The molecule has 4 amide bonds. The van der Waals surface area contributed by atoms with Crippen LogP contribution in [-0.2, 0) is 47.7 Å². The Kier molecular flexibility index (Phi) is 13.2. The SMILES string of the molecule is C[C@H](O[Si](c1ccccc1)(c1ccccc1)C(C)(C)C)C(=O)/C=C/CCC[C@@H]1NC(=O)[C@H]2CCCN2C(=O)[C@H](Cc2ccccc2)NC(=O)C2(Cc3ccccc3C2)NC1=O. The Labute approximate surface area is 360 Å². The highest BCUT2D eigenvalue weighted by atomic mass is 28.4. The lowest BCUT2D eigenvalue weighted by Gasteiger charge is -2.44. The van der Waals surface area contributed by atoms with Crippen molar-refractivity contribution in [1.29, 1.82) is 0 Å². The Morgan fingerprint density at radius 3 is 1.97 bits per heavy atom. The van der Waals surface area contributed by atoms with Crippen LogP contribution in [0.5, 0.6) is 0 Å². The summed E-state index contributed by atoms with van der Waals surface area (Å²) in [6, 6.07) is 35.0. The summed E-state index contributed by atoms with van der Waals surface area (Å²) >= 11 is 0. The number of amides is 4. The number of unbranched alkanes of at least 4 members (excludes halogenated alkanes) is 1. The maximum Gasteiger partial charge on any atom is 0.262 e. The molecule has 2 fully saturated rings. The van der Waals surface area contributed by atoms with Crippen molar-refractivity contribution in [2.45, 2.75) is 114 Å². The Balaban J connectivity index is 1.08. The normalized spacial score (nSPS) is 21.2. The van der Waals surface area contributed by atoms with Crippen LogP contribution in [0, 0.1) is 0 Å². The van der Waals surface area contributed by atoms with E-state index in [1.54, 1.807) is 17.1 Å². The molecule has 0 saturated carbocycles. The molecule has 1 spiro atoms. The van der Waals surface area contributed by atoms with Gasteiger partial charge in [-0.05, 0) is 77.2 Å². The van der Waals surface area contributed by atoms with Gasteiger partial charge in [0, 0.05) is 25.8 Å². The van der Waals surface area contributed by atoms with Crippen LogP contribution >= 0.6 is 0 Å². The van der Waals surface area contributed by atoms with E-state index in [2.05, 4.69) is 61.0 Å². The molecule has 61 heavy (non-hydrogen) atoms. The molecule has 2 aliphatic heterocycles. The molecule has 11 heteroatoms. The average Bonchev–Trinajstić information content (AvgIpc) is 3.91. The van der Waals surface area contributed by atoms with Crippen molar-refractivity contribution >= 4 is 48.1 Å². The van der Waals surface area contributed by atoms with Crippen molar-refractivity contribution in [2.75, 3.05) is 6.54 Å². The van der Waals surface area contributed by atoms with Crippen molar-refractivity contribution in [3.63, 3.8) is 0 Å². The Morgan fingerprint density at radius 2 is 1.38 bits per heavy atom. The zero-order chi connectivity index (χ0) is 43.2. The Hall–Kier alpha value is -5.65. The highest BCUT2D eigenvalue weighted by Gasteiger charge is 2.52. The highest BCUT2D eigenvalue weighted by Crippen LogP contribution is 2.38. The molecule has 4 aromatic rings. The zero-order valence-electron chi connectivity index (χ0n) is 35.7. The summed E-state index contributed by atoms with van der Waals surface area (Å²) in [5, 5.41) is 11.0. The van der Waals surface area contributed by atoms with Gasteiger partial charge in [0.2, 0.25) is 23.6 Å². The third-order valence-electron chi connectivity index (χ3n) is 12.6. The minimum atomic E-state index is -2.96. The molecular weight excluding hydrogens is 781 g/mol. The number of allylic oxidation sites excluding steroid dienone is 1. The van der Waals surface area contributed by atoms with Crippen molar-refractivity contribution in [3.8, 4) is 0 Å². The van der Waals surface area contributed by atoms with Gasteiger partial charge in [0.25, 0.3) is 8.32 Å². The quantitative estimate of drug-likeness (QED) is 0.103. The summed E-state index contributed by atoms with van der Waals surface area (Å²) < 4.78 is 7.01. The summed E-state index contributed by atoms with van der Waals surface area (Å²) in [4.78, 5) is 72.6. The number of hydrogen-bond donors (Lipinski definition) is 3. The highest BCUT2D eigenvalue weighted by molar-refractivity contribution is 6.99. The molecule has 0 aromatic heterocycles. The molecule has 2 saturated heterocycles. The largest absolute Gasteiger partial charge is 0.397 e. The molecule has 3 aliphatic rings. The molecule has 0 bridgehead atoms. The van der Waals surface area contributed by atoms with Gasteiger partial charge in [0.15, 0.2) is 5.78 Å². The molecule has 4 atom stereocenters. The molecule has 7 rings (SSSR count). The number of hydrogen-bond acceptors (Lipinski definition) is 6. The second kappa shape index (κ2) is 18.5. The van der Waals surface area contributed by atoms with Crippen molar-refractivity contribution in [2.24, 2.45) is 0 Å². The van der Waals surface area contributed by atoms with Crippen molar-refractivity contribution < 1.29 is 28.4 Å². The third kappa shape index (κ3) is 9.33. The molecule has 10 nitrogen and oxygen atoms in total. The summed E-state index contributed by atoms with van der Waals surface area (Å²) in [5.74, 6) is -1.74. The lowest BCUT2D eigenvalue weighted by atomic mass is 9.91. The van der Waals surface area contributed by atoms with Crippen LogP contribution in [0.25, 0.3) is 0 Å². The summed E-state index contributed by atoms with van der Waals surface area (Å²) in [7, 11) is -2.96. The third-order valence-corrected chi connectivity index (χ3v) is 17.7. The van der Waals surface area contributed by atoms with Gasteiger partial charge in [-0.2, -0.15) is 0 Å². The van der Waals surface area contributed by atoms with E-state index in [4.69, 9.17) is 4.43 Å². The fourth-order valence-corrected chi connectivity index (χ4v) is 14.1. The first-order valence-corrected chi connectivity index (χ1v) is 23.6. The molecule has 2 heterocycles. The van der Waals surface area contributed by atoms with E-state index in [1.165, 1.54) is 0 Å². The molecule has 0 unspecified atom stereocenters. The maximum absolute atomic E-state index is 14.6. The van der Waals surface area contributed by atoms with Gasteiger partial charge in [-0.15, -0.1) is 0 Å². The number of nitrogens with zero attached hydrogens (tertiary/aromatic N) is 1. The summed E-state index contributed by atoms with van der Waals surface area (Å²) in [6.45, 7) is 8.71. The van der Waals surface area contributed by atoms with Crippen LogP contribution in [0.15, 0.2) is 127 Å². The predicted octanol–water partition coefficient (Wildman–Crippen LogP) is 5.12. The van der Waals surface area contributed by atoms with E-state index in [0.29, 0.717) is 32.2 Å². The van der Waals surface area contributed by atoms with Gasteiger partial charge < -0.3 is 25.3 Å². The second-order valence-corrected chi connectivity index (χ2v) is 22.1.